The second-order valence-corrected chi connectivity index (χ2v) is 16.2. The second kappa shape index (κ2) is 16.4. The molecule has 0 radical (unpaired) electrons. The molecule has 1 aliphatic carbocycles. The maximum Gasteiger partial charge on any atom is 0.253 e. The Balaban J connectivity index is 1.74. The topological polar surface area (TPSA) is 250 Å². The molecule has 0 bridgehead atoms. The van der Waals surface area contributed by atoms with Gasteiger partial charge in [-0.25, -0.2) is 22.0 Å². The van der Waals surface area contributed by atoms with E-state index >= 15 is 0 Å². The van der Waals surface area contributed by atoms with E-state index in [-0.39, 0.29) is 54.1 Å². The van der Waals surface area contributed by atoms with E-state index in [0.29, 0.717) is 46.8 Å². The number of tetrazole rings is 2. The van der Waals surface area contributed by atoms with E-state index in [9.17, 15) is 27.0 Å². The zero-order valence-corrected chi connectivity index (χ0v) is 31.1. The molecule has 4 N–H and O–H groups in total. The molecular weight excluding hydrogens is 725 g/mol. The van der Waals surface area contributed by atoms with Gasteiger partial charge in [-0.15, -0.1) is 19.8 Å². The van der Waals surface area contributed by atoms with Crippen LogP contribution in [0.2, 0.25) is 0 Å². The fourth-order valence-electron chi connectivity index (χ4n) is 5.56. The van der Waals surface area contributed by atoms with Gasteiger partial charge in [-0.1, -0.05) is 32.8 Å². The molecule has 0 saturated heterocycles. The number of unbranched alkanes of at least 4 members (excludes halogenated alkanes) is 1. The van der Waals surface area contributed by atoms with Gasteiger partial charge in [0.1, 0.15) is 11.5 Å². The van der Waals surface area contributed by atoms with Crippen LogP contribution in [0.4, 0.5) is 0 Å². The lowest BCUT2D eigenvalue weighted by atomic mass is 9.87. The van der Waals surface area contributed by atoms with Gasteiger partial charge in [0.05, 0.1) is 18.1 Å². The highest BCUT2D eigenvalue weighted by molar-refractivity contribution is 8.07. The van der Waals surface area contributed by atoms with E-state index in [1.165, 1.54) is 34.1 Å². The van der Waals surface area contributed by atoms with Crippen LogP contribution in [0.15, 0.2) is 76.1 Å². The highest BCUT2D eigenvalue weighted by Gasteiger charge is 2.40. The van der Waals surface area contributed by atoms with Crippen molar-refractivity contribution in [3.8, 4) is 11.5 Å². The molecule has 0 aliphatic heterocycles. The van der Waals surface area contributed by atoms with Crippen LogP contribution in [0.3, 0.4) is 0 Å². The predicted molar refractivity (Wildman–Crippen MR) is 198 cm³/mol. The van der Waals surface area contributed by atoms with Gasteiger partial charge in [-0.2, -0.15) is 10.2 Å². The summed E-state index contributed by atoms with van der Waals surface area (Å²) < 4.78 is 52.7. The normalized spacial score (nSPS) is 14.3. The van der Waals surface area contributed by atoms with Crippen LogP contribution in [0, 0.1) is 13.8 Å². The Morgan fingerprint density at radius 1 is 0.906 bits per heavy atom. The molecule has 2 heterocycles. The lowest BCUT2D eigenvalue weighted by Gasteiger charge is -2.30. The number of aryl methyl sites for hydroxylation is 2. The van der Waals surface area contributed by atoms with Crippen LogP contribution < -0.4 is 5.14 Å². The van der Waals surface area contributed by atoms with Crippen molar-refractivity contribution in [2.75, 3.05) is 6.54 Å². The number of allylic oxidation sites excluding steroid dienone is 4. The van der Waals surface area contributed by atoms with Crippen LogP contribution in [-0.4, -0.2) is 95.5 Å². The summed E-state index contributed by atoms with van der Waals surface area (Å²) in [4.78, 5) is 2.46. The van der Waals surface area contributed by atoms with Gasteiger partial charge in [-0.05, 0) is 125 Å². The Hall–Kier alpha value is -5.60. The van der Waals surface area contributed by atoms with Crippen molar-refractivity contribution in [1.82, 2.24) is 44.9 Å². The minimum absolute atomic E-state index is 0.00509. The Bertz CT molecular complexity index is 2240. The van der Waals surface area contributed by atoms with Gasteiger partial charge in [0.25, 0.3) is 10.0 Å². The Morgan fingerprint density at radius 3 is 1.91 bits per heavy atom. The summed E-state index contributed by atoms with van der Waals surface area (Å²) in [5, 5.41) is 59.3. The van der Waals surface area contributed by atoms with Crippen molar-refractivity contribution in [3.05, 3.63) is 99.8 Å². The second-order valence-electron chi connectivity index (χ2n) is 12.1. The predicted octanol–water partition coefficient (Wildman–Crippen LogP) is 2.94. The van der Waals surface area contributed by atoms with Crippen LogP contribution >= 0.6 is 0 Å². The number of phenolic OH excluding ortho intramolecular Hbond substituents is 2. The number of aromatic nitrogens is 8. The van der Waals surface area contributed by atoms with Crippen molar-refractivity contribution >= 4 is 38.0 Å². The molecule has 2 aromatic heterocycles. The first-order valence-electron chi connectivity index (χ1n) is 16.6. The third kappa shape index (κ3) is 8.90. The number of hydrogen-bond acceptors (Lipinski definition) is 14. The van der Waals surface area contributed by atoms with Gasteiger partial charge < -0.3 is 10.2 Å². The number of nitrogens with zero attached hydrogens (tertiary/aromatic N) is 11. The maximum absolute atomic E-state index is 14.1. The SMILES string of the molecule is CCCCN(C1=CC(=C(c2cc(/C=N/n3nnnc3C)ccc2O)c2cc(/C=N/n3nnnc3C)ccc2O)CC=C1)S(=O)(=O)C(CCC)S(N)(=O)=O. The molecule has 2 aromatic carbocycles. The van der Waals surface area contributed by atoms with Gasteiger partial charge in [0.15, 0.2) is 16.2 Å². The van der Waals surface area contributed by atoms with E-state index in [1.54, 1.807) is 63.3 Å². The fraction of sp³-hybridized carbons (Fsp3) is 0.333. The highest BCUT2D eigenvalue weighted by Crippen LogP contribution is 2.41. The van der Waals surface area contributed by atoms with Crippen LogP contribution in [-0.2, 0) is 20.0 Å². The summed E-state index contributed by atoms with van der Waals surface area (Å²) in [6.07, 6.45) is 9.34. The van der Waals surface area contributed by atoms with Crippen molar-refractivity contribution in [2.24, 2.45) is 15.3 Å². The Labute approximate surface area is 306 Å². The van der Waals surface area contributed by atoms with E-state index in [1.807, 2.05) is 6.92 Å². The summed E-state index contributed by atoms with van der Waals surface area (Å²) in [7, 11) is -9.01. The summed E-state index contributed by atoms with van der Waals surface area (Å²) in [6, 6.07) is 9.50. The number of primary sulfonamides is 1. The van der Waals surface area contributed by atoms with Gasteiger partial charge in [-0.3, -0.25) is 4.31 Å². The lowest BCUT2D eigenvalue weighted by Crippen LogP contribution is -2.45. The third-order valence-electron chi connectivity index (χ3n) is 8.22. The Morgan fingerprint density at radius 2 is 1.45 bits per heavy atom. The number of benzene rings is 2. The van der Waals surface area contributed by atoms with E-state index < -0.39 is 24.6 Å². The number of rotatable bonds is 15. The molecule has 5 rings (SSSR count). The van der Waals surface area contributed by atoms with E-state index in [2.05, 4.69) is 41.3 Å². The first-order valence-corrected chi connectivity index (χ1v) is 19.8. The van der Waals surface area contributed by atoms with E-state index in [0.717, 1.165) is 4.31 Å². The largest absolute Gasteiger partial charge is 0.507 e. The van der Waals surface area contributed by atoms with Crippen molar-refractivity contribution in [3.63, 3.8) is 0 Å². The monoisotopic (exact) mass is 764 g/mol. The molecule has 4 aromatic rings. The van der Waals surface area contributed by atoms with Crippen molar-refractivity contribution in [1.29, 1.82) is 0 Å². The van der Waals surface area contributed by atoms with Crippen molar-refractivity contribution in [2.45, 2.75) is 64.4 Å². The fourth-order valence-corrected chi connectivity index (χ4v) is 9.40. The van der Waals surface area contributed by atoms with Gasteiger partial charge >= 0.3 is 0 Å². The molecule has 0 amide bonds. The number of nitrogens with two attached hydrogens (primary N) is 1. The summed E-state index contributed by atoms with van der Waals surface area (Å²) in [6.45, 7) is 6.93. The molecule has 0 fully saturated rings. The van der Waals surface area contributed by atoms with Crippen molar-refractivity contribution < 1.29 is 27.0 Å². The van der Waals surface area contributed by atoms with Crippen LogP contribution in [0.25, 0.3) is 5.57 Å². The molecule has 20 heteroatoms. The van der Waals surface area contributed by atoms with Crippen LogP contribution in [0.1, 0.15) is 79.9 Å². The average Bonchev–Trinajstić information content (AvgIpc) is 3.73. The number of sulfonamides is 2. The molecular formula is C33H40N12O6S2. The first-order chi connectivity index (χ1) is 25.2. The minimum atomic E-state index is -4.52. The quantitative estimate of drug-likeness (QED) is 0.148. The molecule has 0 saturated carbocycles. The molecule has 0 spiro atoms. The summed E-state index contributed by atoms with van der Waals surface area (Å²) in [5.41, 5.74) is 2.68. The number of phenols is 2. The third-order valence-corrected chi connectivity index (χ3v) is 12.6. The van der Waals surface area contributed by atoms with E-state index in [4.69, 9.17) is 5.14 Å². The highest BCUT2D eigenvalue weighted by atomic mass is 32.3. The molecule has 1 atom stereocenters. The summed E-state index contributed by atoms with van der Waals surface area (Å²) in [5.74, 6) is 0.592. The van der Waals surface area contributed by atoms with Gasteiger partial charge in [0.2, 0.25) is 10.0 Å². The molecule has 280 valence electrons. The Kier molecular flexibility index (Phi) is 11.9. The maximum atomic E-state index is 14.1. The standard InChI is InChI=1S/C33H40N12O6S2/c1-5-7-16-43(53(50,51)32(9-6-2)52(34,48)49)27-11-8-10-26(19-27)33(28-17-24(12-14-30(28)46)20-35-44-22(3)37-39-41-44)29-18-25(13-15-31(29)47)21-36-45-23(4)38-40-42-45/h8,11-15,17-21,32,46-47H,5-7,9-10,16H2,1-4H3,(H2,34,48,49)/b35-20+,36-21+. The molecule has 18 nitrogen and oxygen atoms in total. The van der Waals surface area contributed by atoms with Gasteiger partial charge in [0, 0.05) is 17.7 Å². The molecule has 1 unspecified atom stereocenters. The lowest BCUT2D eigenvalue weighted by molar-refractivity contribution is 0.463. The zero-order valence-electron chi connectivity index (χ0n) is 29.5. The number of aromatic hydroxyl groups is 2. The zero-order chi connectivity index (χ0) is 38.3. The summed E-state index contributed by atoms with van der Waals surface area (Å²) >= 11 is 0. The first kappa shape index (κ1) is 38.6. The average molecular weight is 765 g/mol. The minimum Gasteiger partial charge on any atom is -0.507 e. The molecule has 1 aliphatic rings. The molecule has 53 heavy (non-hydrogen) atoms. The smallest absolute Gasteiger partial charge is 0.253 e. The number of hydrogen-bond donors (Lipinski definition) is 3. The van der Waals surface area contributed by atoms with Crippen LogP contribution in [0.5, 0.6) is 11.5 Å².